The molecule has 5 aromatic rings. The zero-order valence-corrected chi connectivity index (χ0v) is 33.9. The number of methoxy groups -OCH3 is 2. The van der Waals surface area contributed by atoms with E-state index in [0.717, 1.165) is 30.3 Å². The van der Waals surface area contributed by atoms with Gasteiger partial charge in [-0.2, -0.15) is 38.8 Å². The molecule has 0 aliphatic carbocycles. The minimum atomic E-state index is -5.14. The third kappa shape index (κ3) is 9.22. The number of phenolic OH excluding ortho intramolecular Hbond substituents is 1. The summed E-state index contributed by atoms with van der Waals surface area (Å²) in [5.41, 5.74) is 5.11. The van der Waals surface area contributed by atoms with Crippen molar-refractivity contribution < 1.29 is 71.2 Å². The van der Waals surface area contributed by atoms with Gasteiger partial charge in [0, 0.05) is 23.1 Å². The van der Waals surface area contributed by atoms with Crippen molar-refractivity contribution in [1.29, 1.82) is 0 Å². The molecule has 316 valence electrons. The number of nitrogen functional groups attached to an aromatic ring is 1. The molecule has 7 N–H and O–H groups in total. The van der Waals surface area contributed by atoms with E-state index in [1.807, 2.05) is 0 Å². The lowest BCUT2D eigenvalue weighted by Crippen LogP contribution is -2.04. The van der Waals surface area contributed by atoms with E-state index in [9.17, 15) is 57.0 Å². The molecule has 1 saturated heterocycles. The average Bonchev–Trinajstić information content (AvgIpc) is 4.00. The van der Waals surface area contributed by atoms with Crippen molar-refractivity contribution in [2.45, 2.75) is 32.6 Å². The summed E-state index contributed by atoms with van der Waals surface area (Å²) in [6, 6.07) is 10.4. The lowest BCUT2D eigenvalue weighted by Gasteiger charge is -2.12. The molecule has 1 aliphatic rings. The number of rotatable bonds is 13. The Labute approximate surface area is 339 Å². The normalized spacial score (nSPS) is 15.1. The Morgan fingerprint density at radius 2 is 1.13 bits per heavy atom. The molecule has 23 nitrogen and oxygen atoms in total. The standard InChI is InChI=1S/C33H29N7O16S4/c1-15-6-23(26(54-2)12-21(15)35-39-25-9-17(57(42,43)44)4-5-29(25)58(45,46)47)37-36-22-13-27(55-3)24(11-19(22)28-14-56-28)38-40-32-31(60(51,52)53)8-16-7-30(59(48,49)50)20(34)10-18(16)33(32)41/h4-13,28,41H,14,34H2,1-3H3,(H,42,43,44)(H,45,46,47)(H,48,49,50)(H,51,52,53). The van der Waals surface area contributed by atoms with E-state index in [2.05, 4.69) is 30.7 Å². The van der Waals surface area contributed by atoms with Gasteiger partial charge in [-0.15, -0.1) is 25.6 Å². The number of hydrogen-bond acceptors (Lipinski definition) is 19. The van der Waals surface area contributed by atoms with Crippen LogP contribution in [0.15, 0.2) is 111 Å². The van der Waals surface area contributed by atoms with Crippen molar-refractivity contribution in [3.63, 3.8) is 0 Å². The molecule has 1 aliphatic heterocycles. The fourth-order valence-corrected chi connectivity index (χ4v) is 7.97. The molecule has 1 atom stereocenters. The van der Waals surface area contributed by atoms with E-state index in [4.69, 9.17) is 19.9 Å². The van der Waals surface area contributed by atoms with Gasteiger partial charge in [0.25, 0.3) is 40.5 Å². The van der Waals surface area contributed by atoms with Crippen LogP contribution in [-0.2, 0) is 45.2 Å². The maximum atomic E-state index is 12.4. The number of phenols is 1. The highest BCUT2D eigenvalue weighted by Crippen LogP contribution is 2.47. The van der Waals surface area contributed by atoms with Gasteiger partial charge >= 0.3 is 0 Å². The van der Waals surface area contributed by atoms with Crippen molar-refractivity contribution >= 4 is 91.1 Å². The molecular formula is C33H29N7O16S4. The summed E-state index contributed by atoms with van der Waals surface area (Å²) < 4.78 is 150. The Bertz CT molecular complexity index is 3170. The highest BCUT2D eigenvalue weighted by atomic mass is 32.2. The van der Waals surface area contributed by atoms with Crippen molar-refractivity contribution in [3.05, 3.63) is 71.8 Å². The van der Waals surface area contributed by atoms with E-state index in [1.54, 1.807) is 6.92 Å². The first-order chi connectivity index (χ1) is 27.9. The molecule has 6 rings (SSSR count). The van der Waals surface area contributed by atoms with Crippen molar-refractivity contribution in [1.82, 2.24) is 0 Å². The van der Waals surface area contributed by atoms with Crippen LogP contribution in [0, 0.1) is 6.92 Å². The number of fused-ring (bicyclic) bond motifs is 1. The molecule has 27 heteroatoms. The van der Waals surface area contributed by atoms with Gasteiger partial charge in [-0.25, -0.2) is 0 Å². The van der Waals surface area contributed by atoms with E-state index in [1.165, 1.54) is 38.5 Å². The summed E-state index contributed by atoms with van der Waals surface area (Å²) in [4.78, 5) is -3.24. The van der Waals surface area contributed by atoms with Crippen LogP contribution < -0.4 is 15.2 Å². The highest BCUT2D eigenvalue weighted by Gasteiger charge is 2.30. The molecule has 0 radical (unpaired) electrons. The van der Waals surface area contributed by atoms with Crippen LogP contribution in [0.4, 0.5) is 39.8 Å². The molecule has 1 unspecified atom stereocenters. The zero-order valence-electron chi connectivity index (χ0n) is 30.7. The molecule has 1 heterocycles. The van der Waals surface area contributed by atoms with E-state index < -0.39 is 89.0 Å². The molecule has 60 heavy (non-hydrogen) atoms. The van der Waals surface area contributed by atoms with Gasteiger partial charge in [-0.05, 0) is 66.4 Å². The van der Waals surface area contributed by atoms with E-state index in [0.29, 0.717) is 17.2 Å². The zero-order chi connectivity index (χ0) is 44.1. The Kier molecular flexibility index (Phi) is 11.5. The summed E-state index contributed by atoms with van der Waals surface area (Å²) in [7, 11) is -17.1. The number of benzene rings is 5. The van der Waals surface area contributed by atoms with Gasteiger partial charge in [-0.1, -0.05) is 0 Å². The second-order valence-corrected chi connectivity index (χ2v) is 18.1. The van der Waals surface area contributed by atoms with Gasteiger partial charge in [0.1, 0.15) is 55.0 Å². The van der Waals surface area contributed by atoms with Crippen molar-refractivity contribution in [2.24, 2.45) is 30.7 Å². The van der Waals surface area contributed by atoms with Crippen molar-refractivity contribution in [2.75, 3.05) is 26.6 Å². The Morgan fingerprint density at radius 1 is 0.617 bits per heavy atom. The molecule has 0 spiro atoms. The Balaban J connectivity index is 1.38. The van der Waals surface area contributed by atoms with Gasteiger partial charge < -0.3 is 25.1 Å². The minimum absolute atomic E-state index is 0.00839. The number of nitrogens with zero attached hydrogens (tertiary/aromatic N) is 6. The fourth-order valence-electron chi connectivity index (χ4n) is 5.58. The molecular weight excluding hydrogens is 879 g/mol. The number of epoxide rings is 1. The van der Waals surface area contributed by atoms with E-state index >= 15 is 0 Å². The second-order valence-electron chi connectivity index (χ2n) is 12.5. The molecule has 5 aromatic carbocycles. The van der Waals surface area contributed by atoms with Crippen LogP contribution in [-0.4, -0.2) is 77.8 Å². The van der Waals surface area contributed by atoms with Crippen LogP contribution >= 0.6 is 0 Å². The Hall–Kier alpha value is -6.04. The molecule has 1 fully saturated rings. The number of azo groups is 3. The fraction of sp³-hybridized carbons (Fsp3) is 0.152. The summed E-state index contributed by atoms with van der Waals surface area (Å²) >= 11 is 0. The largest absolute Gasteiger partial charge is 0.505 e. The van der Waals surface area contributed by atoms with E-state index in [-0.39, 0.29) is 51.6 Å². The van der Waals surface area contributed by atoms with Gasteiger partial charge in [0.05, 0.1) is 42.8 Å². The molecule has 0 amide bonds. The maximum absolute atomic E-state index is 12.4. The van der Waals surface area contributed by atoms with Crippen LogP contribution in [0.5, 0.6) is 17.2 Å². The molecule has 0 saturated carbocycles. The molecule has 0 bridgehead atoms. The third-order valence-corrected chi connectivity index (χ3v) is 12.1. The van der Waals surface area contributed by atoms with Crippen LogP contribution in [0.3, 0.4) is 0 Å². The predicted octanol–water partition coefficient (Wildman–Crippen LogP) is 6.76. The number of hydrogen-bond donors (Lipinski definition) is 6. The van der Waals surface area contributed by atoms with Crippen LogP contribution in [0.25, 0.3) is 10.8 Å². The number of nitrogens with two attached hydrogens (primary N) is 1. The number of anilines is 1. The van der Waals surface area contributed by atoms with Gasteiger partial charge in [0.2, 0.25) is 0 Å². The summed E-state index contributed by atoms with van der Waals surface area (Å²) in [5, 5.41) is 35.0. The predicted molar refractivity (Wildman–Crippen MR) is 208 cm³/mol. The summed E-state index contributed by atoms with van der Waals surface area (Å²) in [6.45, 7) is 1.83. The SMILES string of the molecule is COc1cc(N=Nc2cc(S(=O)(=O)O)ccc2S(=O)(=O)O)c(C)cc1N=Nc1cc(OC)c(N=Nc2c(S(=O)(=O)O)cc3cc(S(=O)(=O)O)c(N)cc3c2O)cc1C1CO1. The first kappa shape index (κ1) is 43.5. The quantitative estimate of drug-likeness (QED) is 0.0307. The lowest BCUT2D eigenvalue weighted by molar-refractivity contribution is 0.410. The first-order valence-electron chi connectivity index (χ1n) is 16.3. The monoisotopic (exact) mass is 907 g/mol. The topological polar surface area (TPSA) is 369 Å². The Morgan fingerprint density at radius 3 is 1.70 bits per heavy atom. The van der Waals surface area contributed by atoms with Crippen molar-refractivity contribution in [3.8, 4) is 17.2 Å². The first-order valence-corrected chi connectivity index (χ1v) is 22.1. The second kappa shape index (κ2) is 15.9. The van der Waals surface area contributed by atoms with Crippen LogP contribution in [0.2, 0.25) is 0 Å². The van der Waals surface area contributed by atoms with Gasteiger partial charge in [-0.3, -0.25) is 18.2 Å². The number of ether oxygens (including phenoxy) is 3. The lowest BCUT2D eigenvalue weighted by atomic mass is 10.1. The number of aromatic hydroxyl groups is 1. The van der Waals surface area contributed by atoms with Gasteiger partial charge in [0.15, 0.2) is 5.75 Å². The summed E-state index contributed by atoms with van der Waals surface area (Å²) in [6.07, 6.45) is -0.514. The summed E-state index contributed by atoms with van der Waals surface area (Å²) in [5.74, 6) is -0.769. The third-order valence-electron chi connectivity index (χ3n) is 8.54. The average molecular weight is 908 g/mol. The molecule has 0 aromatic heterocycles. The highest BCUT2D eigenvalue weighted by molar-refractivity contribution is 7.86. The number of aryl methyl sites for hydroxylation is 1. The smallest absolute Gasteiger partial charge is 0.296 e. The maximum Gasteiger partial charge on any atom is 0.296 e. The minimum Gasteiger partial charge on any atom is -0.505 e. The van der Waals surface area contributed by atoms with Crippen LogP contribution in [0.1, 0.15) is 17.2 Å².